The van der Waals surface area contributed by atoms with Crippen LogP contribution in [0.25, 0.3) is 0 Å². The Labute approximate surface area is 197 Å². The minimum atomic E-state index is -0.936. The number of amides is 1. The number of morpholine rings is 1. The van der Waals surface area contributed by atoms with Crippen molar-refractivity contribution < 1.29 is 23.4 Å². The number of rotatable bonds is 1. The predicted octanol–water partition coefficient (Wildman–Crippen LogP) is 2.98. The van der Waals surface area contributed by atoms with Crippen LogP contribution in [0.3, 0.4) is 0 Å². The molecule has 34 heavy (non-hydrogen) atoms. The van der Waals surface area contributed by atoms with Crippen molar-refractivity contribution in [3.8, 4) is 5.75 Å². The number of pyridine rings is 1. The maximum atomic E-state index is 15.0. The average Bonchev–Trinajstić information content (AvgIpc) is 3.01. The third kappa shape index (κ3) is 2.98. The van der Waals surface area contributed by atoms with E-state index in [9.17, 15) is 19.1 Å². The Morgan fingerprint density at radius 3 is 2.74 bits per heavy atom. The van der Waals surface area contributed by atoms with Crippen LogP contribution in [0, 0.1) is 11.6 Å². The molecular formula is C24H19F2N3O4S. The molecule has 1 aromatic heterocycles. The van der Waals surface area contributed by atoms with Crippen LogP contribution < -0.4 is 10.4 Å². The molecule has 3 aromatic rings. The monoisotopic (exact) mass is 483 g/mol. The first-order valence-corrected chi connectivity index (χ1v) is 11.8. The highest BCUT2D eigenvalue weighted by Gasteiger charge is 2.46. The molecule has 7 nitrogen and oxygen atoms in total. The van der Waals surface area contributed by atoms with Crippen LogP contribution in [0.15, 0.2) is 58.4 Å². The molecule has 1 N–H and O–H groups in total. The Morgan fingerprint density at radius 2 is 1.88 bits per heavy atom. The lowest BCUT2D eigenvalue weighted by molar-refractivity contribution is -0.0197. The Morgan fingerprint density at radius 1 is 1.06 bits per heavy atom. The smallest absolute Gasteiger partial charge is 0.278 e. The van der Waals surface area contributed by atoms with Gasteiger partial charge in [-0.3, -0.25) is 19.3 Å². The number of hydrogen-bond donors (Lipinski definition) is 1. The zero-order valence-electron chi connectivity index (χ0n) is 17.8. The molecule has 2 atom stereocenters. The maximum absolute atomic E-state index is 15.0. The maximum Gasteiger partial charge on any atom is 0.278 e. The van der Waals surface area contributed by atoms with E-state index in [0.29, 0.717) is 17.9 Å². The lowest BCUT2D eigenvalue weighted by Gasteiger charge is -2.51. The number of hydrogen-bond acceptors (Lipinski definition) is 6. The molecule has 1 amide bonds. The van der Waals surface area contributed by atoms with Crippen molar-refractivity contribution in [3.63, 3.8) is 0 Å². The molecule has 0 radical (unpaired) electrons. The first-order chi connectivity index (χ1) is 16.5. The van der Waals surface area contributed by atoms with E-state index in [1.807, 2.05) is 29.3 Å². The van der Waals surface area contributed by atoms with E-state index in [0.717, 1.165) is 17.2 Å². The van der Waals surface area contributed by atoms with E-state index in [2.05, 4.69) is 0 Å². The molecule has 0 spiro atoms. The highest BCUT2D eigenvalue weighted by atomic mass is 32.2. The summed E-state index contributed by atoms with van der Waals surface area (Å²) in [7, 11) is 0. The summed E-state index contributed by atoms with van der Waals surface area (Å²) in [6.45, 7) is 0.737. The fourth-order valence-corrected chi connectivity index (χ4v) is 6.11. The van der Waals surface area contributed by atoms with Crippen molar-refractivity contribution in [3.05, 3.63) is 92.9 Å². The number of fused-ring (bicyclic) bond motifs is 4. The third-order valence-electron chi connectivity index (χ3n) is 6.54. The lowest BCUT2D eigenvalue weighted by atomic mass is 9.93. The van der Waals surface area contributed by atoms with Gasteiger partial charge < -0.3 is 14.7 Å². The molecule has 0 saturated carbocycles. The van der Waals surface area contributed by atoms with E-state index in [1.165, 1.54) is 28.7 Å². The Hall–Kier alpha value is -3.37. The van der Waals surface area contributed by atoms with Crippen molar-refractivity contribution in [1.82, 2.24) is 9.58 Å². The standard InChI is InChI=1S/C24H19F2N3O4S/c25-16-6-5-15-20(14-4-2-1-3-13(14)12-34-23(15)19(16)26)29-18-11-33-10-9-27(18)24(32)21-22(31)17(30)7-8-28(21)29/h1-8,18,20,31H,9-12H2/t18-,20+/m1/s1. The number of benzene rings is 2. The molecule has 1 saturated heterocycles. The van der Waals surface area contributed by atoms with E-state index >= 15 is 4.39 Å². The topological polar surface area (TPSA) is 75.0 Å². The van der Waals surface area contributed by atoms with E-state index in [1.54, 1.807) is 11.0 Å². The summed E-state index contributed by atoms with van der Waals surface area (Å²) in [6.07, 6.45) is 0.833. The third-order valence-corrected chi connectivity index (χ3v) is 7.69. The molecule has 2 aromatic carbocycles. The average molecular weight is 483 g/mol. The highest BCUT2D eigenvalue weighted by molar-refractivity contribution is 7.98. The van der Waals surface area contributed by atoms with Gasteiger partial charge in [0.25, 0.3) is 5.91 Å². The summed E-state index contributed by atoms with van der Waals surface area (Å²) in [6, 6.07) is 10.8. The quantitative estimate of drug-likeness (QED) is 0.574. The minimum Gasteiger partial charge on any atom is -0.502 e. The number of aromatic hydroxyl groups is 1. The van der Waals surface area contributed by atoms with E-state index < -0.39 is 40.9 Å². The highest BCUT2D eigenvalue weighted by Crippen LogP contribution is 2.45. The van der Waals surface area contributed by atoms with Gasteiger partial charge in [-0.25, -0.2) is 8.78 Å². The first-order valence-electron chi connectivity index (χ1n) is 10.8. The van der Waals surface area contributed by atoms with Crippen molar-refractivity contribution in [2.24, 2.45) is 0 Å². The summed E-state index contributed by atoms with van der Waals surface area (Å²) in [5, 5.41) is 12.4. The number of thioether (sulfide) groups is 1. The van der Waals surface area contributed by atoms with Gasteiger partial charge in [-0.05, 0) is 22.8 Å². The molecule has 10 heteroatoms. The minimum absolute atomic E-state index is 0.163. The number of nitrogens with zero attached hydrogens (tertiary/aromatic N) is 3. The molecule has 3 aliphatic heterocycles. The molecule has 1 fully saturated rings. The van der Waals surface area contributed by atoms with Crippen molar-refractivity contribution in [2.75, 3.05) is 24.8 Å². The fourth-order valence-electron chi connectivity index (χ4n) is 4.98. The van der Waals surface area contributed by atoms with Gasteiger partial charge in [-0.1, -0.05) is 30.3 Å². The summed E-state index contributed by atoms with van der Waals surface area (Å²) in [5.41, 5.74) is 1.47. The largest absolute Gasteiger partial charge is 0.502 e. The van der Waals surface area contributed by atoms with Crippen molar-refractivity contribution in [2.45, 2.75) is 22.9 Å². The Balaban J connectivity index is 1.67. The summed E-state index contributed by atoms with van der Waals surface area (Å²) < 4.78 is 36.5. The zero-order valence-corrected chi connectivity index (χ0v) is 18.6. The van der Waals surface area contributed by atoms with Crippen LogP contribution in [0.5, 0.6) is 5.75 Å². The van der Waals surface area contributed by atoms with E-state index in [-0.39, 0.29) is 23.7 Å². The second-order valence-electron chi connectivity index (χ2n) is 8.33. The van der Waals surface area contributed by atoms with Crippen LogP contribution >= 0.6 is 11.8 Å². The van der Waals surface area contributed by atoms with Gasteiger partial charge >= 0.3 is 0 Å². The fraction of sp³-hybridized carbons (Fsp3) is 0.250. The summed E-state index contributed by atoms with van der Waals surface area (Å²) in [4.78, 5) is 27.3. The number of halogens is 2. The normalized spacial score (nSPS) is 21.3. The van der Waals surface area contributed by atoms with Gasteiger partial charge in [0.2, 0.25) is 5.43 Å². The van der Waals surface area contributed by atoms with E-state index in [4.69, 9.17) is 4.74 Å². The van der Waals surface area contributed by atoms with Crippen LogP contribution in [-0.2, 0) is 10.5 Å². The van der Waals surface area contributed by atoms with Crippen molar-refractivity contribution in [1.29, 1.82) is 0 Å². The SMILES string of the molecule is O=C1c2c(O)c(=O)ccn2N([C@H]2c3ccccc3CSc3c2ccc(F)c3F)[C@@H]2COCCN12. The molecule has 3 aliphatic rings. The van der Waals surface area contributed by atoms with Gasteiger partial charge in [-0.15, -0.1) is 11.8 Å². The second kappa shape index (κ2) is 7.85. The molecule has 0 unspecified atom stereocenters. The number of aromatic nitrogens is 1. The van der Waals surface area contributed by atoms with Crippen LogP contribution in [0.1, 0.15) is 33.2 Å². The summed E-state index contributed by atoms with van der Waals surface area (Å²) >= 11 is 1.22. The number of carbonyl (C=O) groups excluding carboxylic acids is 1. The number of ether oxygens (including phenoxy) is 1. The van der Waals surface area contributed by atoms with Gasteiger partial charge in [0.15, 0.2) is 23.1 Å². The molecule has 0 aliphatic carbocycles. The summed E-state index contributed by atoms with van der Waals surface area (Å²) in [5.74, 6) is -2.56. The van der Waals surface area contributed by atoms with Gasteiger partial charge in [0.1, 0.15) is 6.17 Å². The molecule has 6 rings (SSSR count). The molecule has 0 bridgehead atoms. The molecule has 4 heterocycles. The number of carbonyl (C=O) groups is 1. The Bertz CT molecular complexity index is 1400. The molecule has 174 valence electrons. The second-order valence-corrected chi connectivity index (χ2v) is 9.31. The van der Waals surface area contributed by atoms with Crippen LogP contribution in [-0.4, -0.2) is 46.5 Å². The van der Waals surface area contributed by atoms with Gasteiger partial charge in [-0.2, -0.15) is 0 Å². The van der Waals surface area contributed by atoms with Crippen LogP contribution in [0.4, 0.5) is 8.78 Å². The zero-order chi connectivity index (χ0) is 23.6. The van der Waals surface area contributed by atoms with Crippen LogP contribution in [0.2, 0.25) is 0 Å². The van der Waals surface area contributed by atoms with Gasteiger partial charge in [0, 0.05) is 24.6 Å². The van der Waals surface area contributed by atoms with Crippen molar-refractivity contribution >= 4 is 17.7 Å². The van der Waals surface area contributed by atoms with Gasteiger partial charge in [0.05, 0.1) is 24.2 Å². The lowest BCUT2D eigenvalue weighted by Crippen LogP contribution is -2.66. The Kier molecular flexibility index (Phi) is 4.89. The molecular weight excluding hydrogens is 464 g/mol. The first kappa shape index (κ1) is 21.2. The predicted molar refractivity (Wildman–Crippen MR) is 120 cm³/mol.